The lowest BCUT2D eigenvalue weighted by molar-refractivity contribution is -0.211. The van der Waals surface area contributed by atoms with Crippen molar-refractivity contribution in [3.63, 3.8) is 0 Å². The van der Waals surface area contributed by atoms with Crippen LogP contribution in [0.15, 0.2) is 0 Å². The third-order valence-corrected chi connectivity index (χ3v) is 6.51. The fourth-order valence-electron chi connectivity index (χ4n) is 4.13. The van der Waals surface area contributed by atoms with Crippen LogP contribution in [0, 0.1) is 5.92 Å². The van der Waals surface area contributed by atoms with Gasteiger partial charge in [-0.25, -0.2) is 0 Å². The fourth-order valence-corrected chi connectivity index (χ4v) is 4.81. The number of hydrogen-bond donors (Lipinski definition) is 5. The van der Waals surface area contributed by atoms with Crippen molar-refractivity contribution in [2.45, 2.75) is 81.1 Å². The van der Waals surface area contributed by atoms with Gasteiger partial charge >= 0.3 is 0 Å². The van der Waals surface area contributed by atoms with Gasteiger partial charge in [-0.1, -0.05) is 13.3 Å². The molecule has 1 unspecified atom stereocenters. The minimum Gasteiger partial charge on any atom is -0.391 e. The first kappa shape index (κ1) is 22.9. The van der Waals surface area contributed by atoms with Gasteiger partial charge in [-0.3, -0.25) is 9.69 Å². The van der Waals surface area contributed by atoms with Crippen LogP contribution >= 0.6 is 11.8 Å². The maximum Gasteiger partial charge on any atom is 0.237 e. The maximum atomic E-state index is 12.8. The number of likely N-dealkylation sites (tertiary alicyclic amines) is 1. The molecule has 2 aliphatic heterocycles. The van der Waals surface area contributed by atoms with Crippen molar-refractivity contribution in [2.24, 2.45) is 5.92 Å². The summed E-state index contributed by atoms with van der Waals surface area (Å²) in [6.07, 6.45) is -1.50. The van der Waals surface area contributed by atoms with Crippen molar-refractivity contribution in [3.05, 3.63) is 0 Å². The molecule has 158 valence electrons. The summed E-state index contributed by atoms with van der Waals surface area (Å²) in [5.74, 6) is 0.245. The molecule has 2 heterocycles. The fraction of sp³-hybridized carbons (Fsp3) is 0.944. The maximum absolute atomic E-state index is 12.8. The summed E-state index contributed by atoms with van der Waals surface area (Å²) in [5, 5.41) is 43.5. The molecule has 0 saturated carbocycles. The van der Waals surface area contributed by atoms with Crippen molar-refractivity contribution >= 4 is 17.7 Å². The quantitative estimate of drug-likeness (QED) is 0.370. The normalized spacial score (nSPS) is 39.9. The first-order valence-corrected chi connectivity index (χ1v) is 10.9. The van der Waals surface area contributed by atoms with Gasteiger partial charge in [-0.15, -0.1) is 11.8 Å². The number of nitrogens with zero attached hydrogens (tertiary/aromatic N) is 1. The summed E-state index contributed by atoms with van der Waals surface area (Å²) in [5.41, 5.74) is -0.755. The predicted octanol–water partition coefficient (Wildman–Crippen LogP) is -0.857. The van der Waals surface area contributed by atoms with Crippen LogP contribution in [0.3, 0.4) is 0 Å². The van der Waals surface area contributed by atoms with Crippen LogP contribution in [-0.4, -0.2) is 99.1 Å². The Morgan fingerprint density at radius 1 is 1.30 bits per heavy atom. The molecule has 27 heavy (non-hydrogen) atoms. The molecule has 0 aromatic rings. The number of hydrogen-bond acceptors (Lipinski definition) is 8. The number of thioether (sulfide) groups is 1. The first-order valence-electron chi connectivity index (χ1n) is 9.62. The van der Waals surface area contributed by atoms with E-state index in [1.807, 2.05) is 11.9 Å². The summed E-state index contributed by atoms with van der Waals surface area (Å²) >= 11 is 1.20. The SMILES string of the molecule is CCC[C@@H]1CC(C(=O)N[C@@H]([C@H]2O[C@H](SC)[C@H](O)[C@@H](O)[C@H]2O)[C@@H](C)O)N(C)C1. The summed E-state index contributed by atoms with van der Waals surface area (Å²) in [4.78, 5) is 14.9. The number of ether oxygens (including phenoxy) is 1. The van der Waals surface area contributed by atoms with E-state index >= 15 is 0 Å². The zero-order chi connectivity index (χ0) is 20.3. The molecule has 5 N–H and O–H groups in total. The van der Waals surface area contributed by atoms with Gasteiger partial charge in [-0.2, -0.15) is 0 Å². The highest BCUT2D eigenvalue weighted by molar-refractivity contribution is 7.99. The van der Waals surface area contributed by atoms with E-state index in [0.29, 0.717) is 5.92 Å². The average molecular weight is 407 g/mol. The monoisotopic (exact) mass is 406 g/mol. The molecular formula is C18H34N2O6S. The molecule has 0 aliphatic carbocycles. The lowest BCUT2D eigenvalue weighted by Gasteiger charge is -2.44. The van der Waals surface area contributed by atoms with E-state index in [0.717, 1.165) is 25.8 Å². The summed E-state index contributed by atoms with van der Waals surface area (Å²) in [6.45, 7) is 4.48. The average Bonchev–Trinajstić information content (AvgIpc) is 2.99. The van der Waals surface area contributed by atoms with E-state index in [1.54, 1.807) is 6.26 Å². The van der Waals surface area contributed by atoms with Gasteiger partial charge in [-0.05, 0) is 39.0 Å². The molecule has 9 heteroatoms. The van der Waals surface area contributed by atoms with Crippen LogP contribution in [-0.2, 0) is 9.53 Å². The summed E-state index contributed by atoms with van der Waals surface area (Å²) < 4.78 is 5.72. The molecule has 0 bridgehead atoms. The van der Waals surface area contributed by atoms with Gasteiger partial charge in [0.05, 0.1) is 18.2 Å². The smallest absolute Gasteiger partial charge is 0.237 e. The second-order valence-corrected chi connectivity index (χ2v) is 8.73. The number of carbonyl (C=O) groups excluding carboxylic acids is 1. The molecule has 0 radical (unpaired) electrons. The largest absolute Gasteiger partial charge is 0.391 e. The number of aliphatic hydroxyl groups excluding tert-OH is 4. The van der Waals surface area contributed by atoms with Crippen LogP contribution in [0.5, 0.6) is 0 Å². The number of aliphatic hydroxyl groups is 4. The van der Waals surface area contributed by atoms with Crippen LogP contribution in [0.25, 0.3) is 0 Å². The van der Waals surface area contributed by atoms with E-state index in [1.165, 1.54) is 18.7 Å². The van der Waals surface area contributed by atoms with Gasteiger partial charge in [0.1, 0.15) is 29.9 Å². The van der Waals surface area contributed by atoms with Crippen LogP contribution in [0.2, 0.25) is 0 Å². The van der Waals surface area contributed by atoms with Gasteiger partial charge in [0.25, 0.3) is 0 Å². The minimum atomic E-state index is -1.42. The Kier molecular flexibility index (Phi) is 8.35. The lowest BCUT2D eigenvalue weighted by Crippen LogP contribution is -2.65. The Bertz CT molecular complexity index is 494. The highest BCUT2D eigenvalue weighted by atomic mass is 32.2. The van der Waals surface area contributed by atoms with Crippen molar-refractivity contribution < 1.29 is 30.0 Å². The Balaban J connectivity index is 2.09. The third kappa shape index (κ3) is 5.14. The van der Waals surface area contributed by atoms with Gasteiger partial charge in [0.2, 0.25) is 5.91 Å². The molecule has 8 nitrogen and oxygen atoms in total. The van der Waals surface area contributed by atoms with Crippen LogP contribution in [0.4, 0.5) is 0 Å². The molecule has 1 amide bonds. The van der Waals surface area contributed by atoms with E-state index in [9.17, 15) is 25.2 Å². The van der Waals surface area contributed by atoms with Crippen LogP contribution in [0.1, 0.15) is 33.1 Å². The molecule has 0 spiro atoms. The Labute approximate surface area is 165 Å². The summed E-state index contributed by atoms with van der Waals surface area (Å²) in [6, 6.07) is -1.20. The highest BCUT2D eigenvalue weighted by Crippen LogP contribution is 2.30. The zero-order valence-electron chi connectivity index (χ0n) is 16.5. The molecule has 2 rings (SSSR count). The minimum absolute atomic E-state index is 0.223. The molecule has 2 saturated heterocycles. The van der Waals surface area contributed by atoms with Crippen LogP contribution < -0.4 is 5.32 Å². The van der Waals surface area contributed by atoms with Gasteiger partial charge in [0.15, 0.2) is 0 Å². The molecule has 2 aliphatic rings. The van der Waals surface area contributed by atoms with E-state index in [4.69, 9.17) is 4.74 Å². The van der Waals surface area contributed by atoms with E-state index in [-0.39, 0.29) is 11.9 Å². The summed E-state index contributed by atoms with van der Waals surface area (Å²) in [7, 11) is 1.91. The van der Waals surface area contributed by atoms with E-state index in [2.05, 4.69) is 12.2 Å². The van der Waals surface area contributed by atoms with Crippen molar-refractivity contribution in [3.8, 4) is 0 Å². The standard InChI is InChI=1S/C18H34N2O6S/c1-5-6-10-7-11(20(3)8-10)17(25)19-12(9(2)21)16-14(23)13(22)15(24)18(26-16)27-4/h9-16,18,21-24H,5-8H2,1-4H3,(H,19,25)/t9-,10-,11?,12-,13+,14-,15-,16-,18-/m1/s1. The van der Waals surface area contributed by atoms with Crippen molar-refractivity contribution in [2.75, 3.05) is 19.8 Å². The Morgan fingerprint density at radius 2 is 1.96 bits per heavy atom. The Morgan fingerprint density at radius 3 is 2.52 bits per heavy atom. The van der Waals surface area contributed by atoms with Gasteiger partial charge in [0, 0.05) is 6.54 Å². The topological polar surface area (TPSA) is 122 Å². The number of carbonyl (C=O) groups is 1. The lowest BCUT2D eigenvalue weighted by atomic mass is 9.92. The Hall–Kier alpha value is -0.420. The predicted molar refractivity (Wildman–Crippen MR) is 103 cm³/mol. The van der Waals surface area contributed by atoms with E-state index < -0.39 is 42.0 Å². The second-order valence-electron chi connectivity index (χ2n) is 7.80. The number of nitrogens with one attached hydrogen (secondary N) is 1. The number of rotatable bonds is 7. The van der Waals surface area contributed by atoms with Gasteiger partial charge < -0.3 is 30.5 Å². The number of amides is 1. The molecule has 9 atom stereocenters. The van der Waals surface area contributed by atoms with Crippen molar-refractivity contribution in [1.82, 2.24) is 10.2 Å². The third-order valence-electron chi connectivity index (χ3n) is 5.66. The van der Waals surface area contributed by atoms with Crippen molar-refractivity contribution in [1.29, 1.82) is 0 Å². The molecule has 0 aromatic carbocycles. The molecule has 2 fully saturated rings. The highest BCUT2D eigenvalue weighted by Gasteiger charge is 2.48. The molecule has 0 aromatic heterocycles. The molecular weight excluding hydrogens is 372 g/mol. The zero-order valence-corrected chi connectivity index (χ0v) is 17.3. The second kappa shape index (κ2) is 9.87. The number of likely N-dealkylation sites (N-methyl/N-ethyl adjacent to an activating group) is 1. The first-order chi connectivity index (χ1) is 12.7.